The van der Waals surface area contributed by atoms with Gasteiger partial charge in [-0.05, 0) is 78.7 Å². The van der Waals surface area contributed by atoms with Crippen molar-refractivity contribution in [3.05, 3.63) is 12.2 Å². The Kier molecular flexibility index (Phi) is 11.5. The van der Waals surface area contributed by atoms with Gasteiger partial charge in [0, 0.05) is 11.6 Å². The van der Waals surface area contributed by atoms with E-state index < -0.39 is 45.8 Å². The van der Waals surface area contributed by atoms with E-state index in [0.717, 1.165) is 18.9 Å². The summed E-state index contributed by atoms with van der Waals surface area (Å²) in [5.41, 5.74) is 0.337. The van der Waals surface area contributed by atoms with Crippen LogP contribution < -0.4 is 0 Å². The van der Waals surface area contributed by atoms with E-state index >= 15 is 0 Å². The number of carbonyl (C=O) groups excluding carboxylic acids is 1. The molecule has 10 heteroatoms. The predicted octanol–water partition coefficient (Wildman–Crippen LogP) is 5.13. The molecule has 0 fully saturated rings. The number of aliphatic hydroxyl groups is 1. The third-order valence-corrected chi connectivity index (χ3v) is 15.5. The minimum Gasteiger partial charge on any atom is -0.460 e. The molecule has 0 saturated carbocycles. The van der Waals surface area contributed by atoms with Gasteiger partial charge in [-0.1, -0.05) is 13.0 Å². The summed E-state index contributed by atoms with van der Waals surface area (Å²) < 4.78 is 25.0. The van der Waals surface area contributed by atoms with Crippen LogP contribution >= 0.6 is 0 Å². The van der Waals surface area contributed by atoms with Crippen molar-refractivity contribution in [2.75, 3.05) is 6.61 Å². The van der Waals surface area contributed by atoms with E-state index in [2.05, 4.69) is 65.5 Å². The molecule has 0 saturated heterocycles. The average Bonchev–Trinajstić information content (AvgIpc) is 2.43. The molecule has 0 heterocycles. The predicted molar refractivity (Wildman–Crippen MR) is 129 cm³/mol. The second kappa shape index (κ2) is 11.5. The van der Waals surface area contributed by atoms with Gasteiger partial charge in [0.25, 0.3) is 0 Å². The fraction of sp³-hybridized carbons (Fsp3) is 0.842. The Morgan fingerprint density at radius 1 is 0.862 bits per heavy atom. The van der Waals surface area contributed by atoms with Crippen molar-refractivity contribution in [3.63, 3.8) is 0 Å². The topological polar surface area (TPSA) is 74.2 Å². The maximum atomic E-state index is 11.4. The van der Waals surface area contributed by atoms with Crippen LogP contribution in [0.1, 0.15) is 26.2 Å². The average molecular weight is 481 g/mol. The lowest BCUT2D eigenvalue weighted by Gasteiger charge is -2.43. The smallest absolute Gasteiger partial charge is 0.460 e. The largest absolute Gasteiger partial charge is 0.469 e. The Hall–Kier alpha value is -0.0825. The van der Waals surface area contributed by atoms with Crippen LogP contribution in [-0.4, -0.2) is 57.5 Å². The normalized spacial score (nSPS) is 14.6. The van der Waals surface area contributed by atoms with Gasteiger partial charge in [0.1, 0.15) is 6.61 Å². The number of rotatable bonds is 14. The first kappa shape index (κ1) is 28.9. The van der Waals surface area contributed by atoms with Crippen molar-refractivity contribution in [3.8, 4) is 0 Å². The first-order chi connectivity index (χ1) is 12.8. The highest BCUT2D eigenvalue weighted by atomic mass is 28.5. The Morgan fingerprint density at radius 3 is 1.62 bits per heavy atom. The number of unbranched alkanes of at least 4 members (excludes halogenated alkanes) is 1. The van der Waals surface area contributed by atoms with E-state index in [1.807, 2.05) is 0 Å². The summed E-state index contributed by atoms with van der Waals surface area (Å²) in [7, 11) is -8.43. The molecule has 0 amide bonds. The number of carbonyl (C=O) groups is 1. The SMILES string of the molecule is C=C(C)C(=O)OCC(O)CCCC[Si](O[Si](C)(C)C)(O[Si](C)(C)C)O[Si](C)(C)C. The van der Waals surface area contributed by atoms with Crippen LogP contribution in [0.3, 0.4) is 0 Å². The molecule has 172 valence electrons. The van der Waals surface area contributed by atoms with E-state index in [1.165, 1.54) is 0 Å². The molecule has 0 aliphatic heterocycles. The maximum Gasteiger partial charge on any atom is 0.469 e. The van der Waals surface area contributed by atoms with E-state index in [4.69, 9.17) is 17.1 Å². The lowest BCUT2D eigenvalue weighted by molar-refractivity contribution is -0.142. The summed E-state index contributed by atoms with van der Waals surface area (Å²) in [5, 5.41) is 10.1. The first-order valence-electron chi connectivity index (χ1n) is 10.5. The molecule has 1 atom stereocenters. The summed E-state index contributed by atoms with van der Waals surface area (Å²) in [6.07, 6.45) is 1.51. The highest BCUT2D eigenvalue weighted by molar-refractivity contribution is 6.90. The van der Waals surface area contributed by atoms with E-state index in [1.54, 1.807) is 6.92 Å². The molecule has 0 radical (unpaired) electrons. The minimum atomic E-state index is -2.82. The summed E-state index contributed by atoms with van der Waals surface area (Å²) >= 11 is 0. The second-order valence-electron chi connectivity index (χ2n) is 10.6. The number of aliphatic hydroxyl groups excluding tert-OH is 1. The molecule has 0 rings (SSSR count). The van der Waals surface area contributed by atoms with Gasteiger partial charge in [-0.3, -0.25) is 0 Å². The molecule has 29 heavy (non-hydrogen) atoms. The molecule has 0 aliphatic carbocycles. The van der Waals surface area contributed by atoms with Crippen molar-refractivity contribution in [1.82, 2.24) is 0 Å². The second-order valence-corrected chi connectivity index (χ2v) is 27.6. The zero-order valence-corrected chi connectivity index (χ0v) is 24.3. The summed E-state index contributed by atoms with van der Waals surface area (Å²) in [5.74, 6) is -0.467. The Balaban J connectivity index is 5.02. The highest BCUT2D eigenvalue weighted by Gasteiger charge is 2.49. The lowest BCUT2D eigenvalue weighted by atomic mass is 10.2. The third kappa shape index (κ3) is 15.4. The Labute approximate surface area is 182 Å². The van der Waals surface area contributed by atoms with Gasteiger partial charge < -0.3 is 22.2 Å². The Bertz CT molecular complexity index is 493. The van der Waals surface area contributed by atoms with Gasteiger partial charge in [0.2, 0.25) is 0 Å². The van der Waals surface area contributed by atoms with E-state index in [-0.39, 0.29) is 6.61 Å². The van der Waals surface area contributed by atoms with Gasteiger partial charge in [0.05, 0.1) is 6.10 Å². The molecule has 0 spiro atoms. The monoisotopic (exact) mass is 480 g/mol. The van der Waals surface area contributed by atoms with Crippen LogP contribution in [0.4, 0.5) is 0 Å². The summed E-state index contributed by atoms with van der Waals surface area (Å²) in [6.45, 7) is 24.7. The molecule has 0 bridgehead atoms. The van der Waals surface area contributed by atoms with Crippen molar-refractivity contribution in [1.29, 1.82) is 0 Å². The highest BCUT2D eigenvalue weighted by Crippen LogP contribution is 2.30. The molecule has 1 unspecified atom stereocenters. The van der Waals surface area contributed by atoms with Crippen molar-refractivity contribution in [2.24, 2.45) is 0 Å². The number of ether oxygens (including phenoxy) is 1. The fourth-order valence-corrected chi connectivity index (χ4v) is 17.4. The molecule has 0 aromatic rings. The quantitative estimate of drug-likeness (QED) is 0.161. The zero-order valence-electron chi connectivity index (χ0n) is 20.3. The van der Waals surface area contributed by atoms with Gasteiger partial charge in [0.15, 0.2) is 25.0 Å². The van der Waals surface area contributed by atoms with Gasteiger partial charge >= 0.3 is 14.8 Å². The summed E-state index contributed by atoms with van der Waals surface area (Å²) in [6, 6.07) is 0.754. The van der Waals surface area contributed by atoms with Crippen LogP contribution in [0.2, 0.25) is 65.0 Å². The van der Waals surface area contributed by atoms with E-state index in [9.17, 15) is 9.90 Å². The van der Waals surface area contributed by atoms with Crippen LogP contribution in [0.25, 0.3) is 0 Å². The fourth-order valence-electron chi connectivity index (χ4n) is 2.71. The van der Waals surface area contributed by atoms with Gasteiger partial charge in [-0.2, -0.15) is 0 Å². The Morgan fingerprint density at radius 2 is 1.28 bits per heavy atom. The molecule has 0 aromatic carbocycles. The number of hydrogen-bond acceptors (Lipinski definition) is 6. The van der Waals surface area contributed by atoms with Gasteiger partial charge in [-0.15, -0.1) is 0 Å². The molecule has 1 N–H and O–H groups in total. The number of esters is 1. The first-order valence-corrected chi connectivity index (χ1v) is 22.6. The van der Waals surface area contributed by atoms with Crippen LogP contribution in [0.5, 0.6) is 0 Å². The van der Waals surface area contributed by atoms with Crippen LogP contribution in [0, 0.1) is 0 Å². The maximum absolute atomic E-state index is 11.4. The molecule has 0 aromatic heterocycles. The van der Waals surface area contributed by atoms with Crippen LogP contribution in [-0.2, 0) is 21.9 Å². The minimum absolute atomic E-state index is 0.00349. The third-order valence-electron chi connectivity index (χ3n) is 3.41. The molecular weight excluding hydrogens is 437 g/mol. The van der Waals surface area contributed by atoms with Crippen molar-refractivity contribution >= 4 is 39.7 Å². The standard InChI is InChI=1S/C19H44O6Si4/c1-17(2)19(21)22-16-18(20)14-12-13-15-29(23-26(3,4)5,24-27(6,7)8)25-28(9,10)11/h18,20H,1,12-16H2,2-11H3. The lowest BCUT2D eigenvalue weighted by Crippen LogP contribution is -2.60. The summed E-state index contributed by atoms with van der Waals surface area (Å²) in [4.78, 5) is 11.4. The van der Waals surface area contributed by atoms with E-state index in [0.29, 0.717) is 12.0 Å². The molecule has 0 aliphatic rings. The molecular formula is C19H44O6Si4. The van der Waals surface area contributed by atoms with Crippen molar-refractivity contribution in [2.45, 2.75) is 97.3 Å². The van der Waals surface area contributed by atoms with Crippen molar-refractivity contribution < 1.29 is 27.0 Å². The molecule has 6 nitrogen and oxygen atoms in total. The van der Waals surface area contributed by atoms with Crippen LogP contribution in [0.15, 0.2) is 12.2 Å². The zero-order chi connectivity index (χ0) is 23.1. The van der Waals surface area contributed by atoms with Gasteiger partial charge in [-0.25, -0.2) is 4.79 Å². The number of hydrogen-bond donors (Lipinski definition) is 1.